The zero-order valence-corrected chi connectivity index (χ0v) is 13.7. The minimum absolute atomic E-state index is 0.0915. The van der Waals surface area contributed by atoms with Gasteiger partial charge in [0.25, 0.3) is 0 Å². The fourth-order valence-corrected chi connectivity index (χ4v) is 3.51. The van der Waals surface area contributed by atoms with Gasteiger partial charge in [0.05, 0.1) is 28.0 Å². The lowest BCUT2D eigenvalue weighted by Gasteiger charge is -2.43. The van der Waals surface area contributed by atoms with Gasteiger partial charge in [-0.05, 0) is 46.0 Å². The van der Waals surface area contributed by atoms with Crippen LogP contribution in [0.5, 0.6) is 0 Å². The van der Waals surface area contributed by atoms with Crippen molar-refractivity contribution in [1.82, 2.24) is 4.72 Å². The first-order valence-electron chi connectivity index (χ1n) is 6.90. The maximum absolute atomic E-state index is 11.8. The van der Waals surface area contributed by atoms with E-state index in [1.165, 1.54) is 13.1 Å². The molecule has 0 spiro atoms. The van der Waals surface area contributed by atoms with Gasteiger partial charge in [-0.2, -0.15) is 0 Å². The largest absolute Gasteiger partial charge is 0.397 e. The van der Waals surface area contributed by atoms with Crippen LogP contribution < -0.4 is 15.4 Å². The number of morpholine rings is 1. The second-order valence-corrected chi connectivity index (χ2v) is 7.88. The Morgan fingerprint density at radius 1 is 1.43 bits per heavy atom. The van der Waals surface area contributed by atoms with Crippen LogP contribution in [0.1, 0.15) is 20.8 Å². The molecule has 1 aliphatic rings. The number of sulfonamides is 1. The molecule has 3 N–H and O–H groups in total. The Kier molecular flexibility index (Phi) is 4.19. The summed E-state index contributed by atoms with van der Waals surface area (Å²) in [6.45, 7) is 7.52. The molecule has 1 unspecified atom stereocenters. The quantitative estimate of drug-likeness (QED) is 0.819. The molecule has 0 aromatic heterocycles. The van der Waals surface area contributed by atoms with Crippen molar-refractivity contribution in [3.63, 3.8) is 0 Å². The van der Waals surface area contributed by atoms with Crippen molar-refractivity contribution in [2.45, 2.75) is 37.4 Å². The lowest BCUT2D eigenvalue weighted by molar-refractivity contribution is -0.0749. The summed E-state index contributed by atoms with van der Waals surface area (Å²) in [6, 6.07) is 4.83. The molecule has 1 saturated heterocycles. The van der Waals surface area contributed by atoms with E-state index in [0.29, 0.717) is 12.2 Å². The van der Waals surface area contributed by atoms with Crippen molar-refractivity contribution in [3.05, 3.63) is 18.2 Å². The third-order valence-electron chi connectivity index (χ3n) is 3.49. The molecule has 6 nitrogen and oxygen atoms in total. The first kappa shape index (κ1) is 16.1. The van der Waals surface area contributed by atoms with E-state index in [-0.39, 0.29) is 16.6 Å². The van der Waals surface area contributed by atoms with Gasteiger partial charge in [-0.1, -0.05) is 0 Å². The summed E-state index contributed by atoms with van der Waals surface area (Å²) in [5.41, 5.74) is 7.09. The zero-order chi connectivity index (χ0) is 15.8. The van der Waals surface area contributed by atoms with Crippen molar-refractivity contribution in [2.75, 3.05) is 30.8 Å². The summed E-state index contributed by atoms with van der Waals surface area (Å²) in [6.07, 6.45) is 0.0915. The van der Waals surface area contributed by atoms with Crippen LogP contribution in [-0.2, 0) is 14.8 Å². The van der Waals surface area contributed by atoms with E-state index in [1.807, 2.05) is 20.8 Å². The maximum atomic E-state index is 11.8. The highest BCUT2D eigenvalue weighted by atomic mass is 32.2. The van der Waals surface area contributed by atoms with Crippen molar-refractivity contribution >= 4 is 21.4 Å². The lowest BCUT2D eigenvalue weighted by Crippen LogP contribution is -2.52. The molecule has 0 bridgehead atoms. The highest BCUT2D eigenvalue weighted by Gasteiger charge is 2.32. The normalized spacial score (nSPS) is 22.3. The molecule has 2 rings (SSSR count). The first-order chi connectivity index (χ1) is 9.64. The van der Waals surface area contributed by atoms with Gasteiger partial charge in [0.15, 0.2) is 0 Å². The molecule has 21 heavy (non-hydrogen) atoms. The summed E-state index contributed by atoms with van der Waals surface area (Å²) in [5.74, 6) is 0. The van der Waals surface area contributed by atoms with Gasteiger partial charge in [-0.3, -0.25) is 0 Å². The van der Waals surface area contributed by atoms with Crippen LogP contribution in [0.3, 0.4) is 0 Å². The van der Waals surface area contributed by atoms with Crippen LogP contribution in [0.15, 0.2) is 23.1 Å². The van der Waals surface area contributed by atoms with Crippen LogP contribution in [0, 0.1) is 0 Å². The van der Waals surface area contributed by atoms with E-state index in [0.717, 1.165) is 12.2 Å². The monoisotopic (exact) mass is 313 g/mol. The van der Waals surface area contributed by atoms with E-state index >= 15 is 0 Å². The van der Waals surface area contributed by atoms with Crippen LogP contribution in [0.2, 0.25) is 0 Å². The molecule has 118 valence electrons. The number of benzene rings is 1. The third-order valence-corrected chi connectivity index (χ3v) is 4.90. The second kappa shape index (κ2) is 5.47. The molecule has 0 radical (unpaired) electrons. The van der Waals surface area contributed by atoms with Crippen LogP contribution in [0.25, 0.3) is 0 Å². The average molecular weight is 313 g/mol. The predicted molar refractivity (Wildman–Crippen MR) is 83.9 cm³/mol. The van der Waals surface area contributed by atoms with Crippen molar-refractivity contribution < 1.29 is 13.2 Å². The Hall–Kier alpha value is -1.31. The number of hydrogen-bond donors (Lipinski definition) is 2. The molecule has 0 aliphatic carbocycles. The molecule has 1 aromatic rings. The maximum Gasteiger partial charge on any atom is 0.240 e. The summed E-state index contributed by atoms with van der Waals surface area (Å²) >= 11 is 0. The average Bonchev–Trinajstić information content (AvgIpc) is 2.36. The fraction of sp³-hybridized carbons (Fsp3) is 0.571. The number of anilines is 2. The van der Waals surface area contributed by atoms with E-state index in [4.69, 9.17) is 10.5 Å². The number of nitrogens with one attached hydrogen (secondary N) is 1. The van der Waals surface area contributed by atoms with Gasteiger partial charge in [0.1, 0.15) is 0 Å². The molecular formula is C14H23N3O3S. The molecule has 0 amide bonds. The summed E-state index contributed by atoms with van der Waals surface area (Å²) < 4.78 is 31.8. The van der Waals surface area contributed by atoms with Crippen LogP contribution in [0.4, 0.5) is 11.4 Å². The van der Waals surface area contributed by atoms with Crippen LogP contribution in [-0.4, -0.2) is 40.3 Å². The molecule has 1 fully saturated rings. The highest BCUT2D eigenvalue weighted by molar-refractivity contribution is 7.89. The highest BCUT2D eigenvalue weighted by Crippen LogP contribution is 2.31. The summed E-state index contributed by atoms with van der Waals surface area (Å²) in [4.78, 5) is 2.31. The van der Waals surface area contributed by atoms with Gasteiger partial charge in [0, 0.05) is 13.1 Å². The van der Waals surface area contributed by atoms with Gasteiger partial charge in [0.2, 0.25) is 10.0 Å². The van der Waals surface area contributed by atoms with E-state index in [2.05, 4.69) is 9.62 Å². The first-order valence-corrected chi connectivity index (χ1v) is 8.39. The molecule has 1 aliphatic heterocycles. The standard InChI is InChI=1S/C14H23N3O3S/c1-10-8-17(9-14(2,3)20-10)13-6-5-11(7-12(13)15)21(18,19)16-4/h5-7,10,16H,8-9,15H2,1-4H3. The summed E-state index contributed by atoms with van der Waals surface area (Å²) in [5, 5.41) is 0. The Morgan fingerprint density at radius 2 is 2.10 bits per heavy atom. The Bertz CT molecular complexity index is 628. The number of hydrogen-bond acceptors (Lipinski definition) is 5. The topological polar surface area (TPSA) is 84.7 Å². The van der Waals surface area contributed by atoms with Gasteiger partial charge < -0.3 is 15.4 Å². The zero-order valence-electron chi connectivity index (χ0n) is 12.9. The smallest absolute Gasteiger partial charge is 0.240 e. The number of nitrogen functional groups attached to an aromatic ring is 1. The SMILES string of the molecule is CNS(=O)(=O)c1ccc(N2CC(C)OC(C)(C)C2)c(N)c1. The minimum Gasteiger partial charge on any atom is -0.397 e. The van der Waals surface area contributed by atoms with E-state index in [9.17, 15) is 8.42 Å². The molecule has 7 heteroatoms. The molecule has 1 heterocycles. The Labute approximate surface area is 126 Å². The van der Waals surface area contributed by atoms with E-state index < -0.39 is 10.0 Å². The predicted octanol–water partition coefficient (Wildman–Crippen LogP) is 1.18. The second-order valence-electron chi connectivity index (χ2n) is 6.00. The minimum atomic E-state index is -3.47. The Balaban J connectivity index is 2.33. The van der Waals surface area contributed by atoms with Gasteiger partial charge in [-0.25, -0.2) is 13.1 Å². The fourth-order valence-electron chi connectivity index (χ4n) is 2.74. The molecule has 1 aromatic carbocycles. The van der Waals surface area contributed by atoms with Crippen LogP contribution >= 0.6 is 0 Å². The van der Waals surface area contributed by atoms with Crippen molar-refractivity contribution in [2.24, 2.45) is 0 Å². The lowest BCUT2D eigenvalue weighted by atomic mass is 10.0. The number of ether oxygens (including phenoxy) is 1. The van der Waals surface area contributed by atoms with Gasteiger partial charge >= 0.3 is 0 Å². The van der Waals surface area contributed by atoms with E-state index in [1.54, 1.807) is 12.1 Å². The summed E-state index contributed by atoms with van der Waals surface area (Å²) in [7, 11) is -2.09. The molecule has 0 saturated carbocycles. The Morgan fingerprint density at radius 3 is 2.62 bits per heavy atom. The third kappa shape index (κ3) is 3.48. The number of rotatable bonds is 3. The van der Waals surface area contributed by atoms with Gasteiger partial charge in [-0.15, -0.1) is 0 Å². The number of nitrogens with zero attached hydrogens (tertiary/aromatic N) is 1. The van der Waals surface area contributed by atoms with Crippen molar-refractivity contribution in [3.8, 4) is 0 Å². The molecule has 1 atom stereocenters. The molecular weight excluding hydrogens is 290 g/mol. The number of nitrogens with two attached hydrogens (primary N) is 1. The van der Waals surface area contributed by atoms with Crippen molar-refractivity contribution in [1.29, 1.82) is 0 Å².